The van der Waals surface area contributed by atoms with E-state index in [0.717, 1.165) is 34.5 Å². The van der Waals surface area contributed by atoms with Crippen LogP contribution in [0.5, 0.6) is 5.75 Å². The van der Waals surface area contributed by atoms with Crippen molar-refractivity contribution in [3.05, 3.63) is 59.2 Å². The van der Waals surface area contributed by atoms with Gasteiger partial charge in [0.15, 0.2) is 6.10 Å². The molecule has 0 unspecified atom stereocenters. The first kappa shape index (κ1) is 16.1. The number of anilines is 1. The second kappa shape index (κ2) is 7.12. The molecule has 0 aromatic heterocycles. The molecule has 22 heavy (non-hydrogen) atoms. The average molecular weight is 297 g/mol. The number of rotatable bonds is 5. The lowest BCUT2D eigenvalue weighted by Crippen LogP contribution is -2.30. The molecule has 0 saturated heterocycles. The Kier molecular flexibility index (Phi) is 5.21. The summed E-state index contributed by atoms with van der Waals surface area (Å²) in [7, 11) is 0. The van der Waals surface area contributed by atoms with Crippen molar-refractivity contribution in [3.63, 3.8) is 0 Å². The zero-order valence-corrected chi connectivity index (χ0v) is 13.6. The highest BCUT2D eigenvalue weighted by atomic mass is 16.5. The number of carbonyl (C=O) groups excluding carboxylic acids is 1. The smallest absolute Gasteiger partial charge is 0.265 e. The molecule has 2 aromatic rings. The highest BCUT2D eigenvalue weighted by molar-refractivity contribution is 5.94. The van der Waals surface area contributed by atoms with Crippen LogP contribution in [0.1, 0.15) is 30.5 Å². The van der Waals surface area contributed by atoms with Gasteiger partial charge in [0, 0.05) is 5.69 Å². The van der Waals surface area contributed by atoms with E-state index in [4.69, 9.17) is 4.74 Å². The number of amides is 1. The molecular formula is C19H23NO2. The number of para-hydroxylation sites is 1. The number of nitrogens with one attached hydrogen (secondary N) is 1. The minimum absolute atomic E-state index is 0.137. The predicted molar refractivity (Wildman–Crippen MR) is 90.5 cm³/mol. The molecule has 1 N–H and O–H groups in total. The van der Waals surface area contributed by atoms with Crippen LogP contribution in [0.15, 0.2) is 42.5 Å². The standard InChI is InChI=1S/C19H23NO2/c1-5-16-8-6-7-9-17(16)20-19(21)15(4)22-18-12-13(2)10-11-14(18)3/h6-12,15H,5H2,1-4H3,(H,20,21)/t15-/m0/s1. The Balaban J connectivity index is 2.07. The monoisotopic (exact) mass is 297 g/mol. The third-order valence-corrected chi connectivity index (χ3v) is 3.67. The Hall–Kier alpha value is -2.29. The van der Waals surface area contributed by atoms with Crippen molar-refractivity contribution in [3.8, 4) is 5.75 Å². The van der Waals surface area contributed by atoms with Crippen LogP contribution < -0.4 is 10.1 Å². The molecule has 0 heterocycles. The number of hydrogen-bond acceptors (Lipinski definition) is 2. The zero-order chi connectivity index (χ0) is 16.1. The van der Waals surface area contributed by atoms with Gasteiger partial charge in [0.05, 0.1) is 0 Å². The van der Waals surface area contributed by atoms with Gasteiger partial charge in [-0.25, -0.2) is 0 Å². The zero-order valence-electron chi connectivity index (χ0n) is 13.6. The topological polar surface area (TPSA) is 38.3 Å². The summed E-state index contributed by atoms with van der Waals surface area (Å²) in [5, 5.41) is 2.95. The molecule has 0 radical (unpaired) electrons. The summed E-state index contributed by atoms with van der Waals surface area (Å²) >= 11 is 0. The normalized spacial score (nSPS) is 11.8. The van der Waals surface area contributed by atoms with Crippen LogP contribution in [0.2, 0.25) is 0 Å². The van der Waals surface area contributed by atoms with Gasteiger partial charge in [0.1, 0.15) is 5.75 Å². The Morgan fingerprint density at radius 1 is 1.18 bits per heavy atom. The summed E-state index contributed by atoms with van der Waals surface area (Å²) in [4.78, 5) is 12.3. The fraction of sp³-hybridized carbons (Fsp3) is 0.316. The molecule has 116 valence electrons. The largest absolute Gasteiger partial charge is 0.481 e. The van der Waals surface area contributed by atoms with Crippen LogP contribution in [-0.2, 0) is 11.2 Å². The predicted octanol–water partition coefficient (Wildman–Crippen LogP) is 4.27. The van der Waals surface area contributed by atoms with Gasteiger partial charge in [-0.05, 0) is 56.0 Å². The van der Waals surface area contributed by atoms with Crippen molar-refractivity contribution in [2.45, 2.75) is 40.2 Å². The summed E-state index contributed by atoms with van der Waals surface area (Å²) in [6.45, 7) is 7.83. The molecule has 1 amide bonds. The van der Waals surface area contributed by atoms with E-state index in [1.165, 1.54) is 0 Å². The number of carbonyl (C=O) groups is 1. The second-order valence-corrected chi connectivity index (χ2v) is 5.53. The highest BCUT2D eigenvalue weighted by Gasteiger charge is 2.16. The van der Waals surface area contributed by atoms with E-state index < -0.39 is 6.10 Å². The third-order valence-electron chi connectivity index (χ3n) is 3.67. The minimum atomic E-state index is -0.551. The number of ether oxygens (including phenoxy) is 1. The highest BCUT2D eigenvalue weighted by Crippen LogP contribution is 2.21. The minimum Gasteiger partial charge on any atom is -0.481 e. The van der Waals surface area contributed by atoms with Crippen molar-refractivity contribution in [1.82, 2.24) is 0 Å². The van der Waals surface area contributed by atoms with Crippen LogP contribution in [0.3, 0.4) is 0 Å². The van der Waals surface area contributed by atoms with Crippen LogP contribution >= 0.6 is 0 Å². The Labute approximate surface area is 132 Å². The SMILES string of the molecule is CCc1ccccc1NC(=O)[C@H](C)Oc1cc(C)ccc1C. The first-order valence-electron chi connectivity index (χ1n) is 7.64. The average Bonchev–Trinajstić information content (AvgIpc) is 2.51. The molecule has 2 rings (SSSR count). The Morgan fingerprint density at radius 3 is 2.64 bits per heavy atom. The van der Waals surface area contributed by atoms with Gasteiger partial charge in [-0.1, -0.05) is 37.3 Å². The van der Waals surface area contributed by atoms with E-state index in [2.05, 4.69) is 12.2 Å². The first-order chi connectivity index (χ1) is 10.5. The lowest BCUT2D eigenvalue weighted by atomic mass is 10.1. The van der Waals surface area contributed by atoms with E-state index in [0.29, 0.717) is 0 Å². The number of aryl methyl sites for hydroxylation is 3. The molecule has 2 aromatic carbocycles. The van der Waals surface area contributed by atoms with Gasteiger partial charge in [-0.15, -0.1) is 0 Å². The van der Waals surface area contributed by atoms with E-state index in [-0.39, 0.29) is 5.91 Å². The second-order valence-electron chi connectivity index (χ2n) is 5.53. The summed E-state index contributed by atoms with van der Waals surface area (Å²) in [6.07, 6.45) is 0.327. The van der Waals surface area contributed by atoms with E-state index in [1.807, 2.05) is 56.3 Å². The van der Waals surface area contributed by atoms with E-state index >= 15 is 0 Å². The first-order valence-corrected chi connectivity index (χ1v) is 7.64. The molecular weight excluding hydrogens is 274 g/mol. The number of hydrogen-bond donors (Lipinski definition) is 1. The van der Waals surface area contributed by atoms with Crippen LogP contribution in [0.25, 0.3) is 0 Å². The molecule has 0 spiro atoms. The van der Waals surface area contributed by atoms with Crippen molar-refractivity contribution in [2.75, 3.05) is 5.32 Å². The molecule has 0 aliphatic heterocycles. The Morgan fingerprint density at radius 2 is 1.91 bits per heavy atom. The fourth-order valence-electron chi connectivity index (χ4n) is 2.26. The van der Waals surface area contributed by atoms with Crippen LogP contribution in [0.4, 0.5) is 5.69 Å². The van der Waals surface area contributed by atoms with Gasteiger partial charge >= 0.3 is 0 Å². The van der Waals surface area contributed by atoms with Gasteiger partial charge in [-0.2, -0.15) is 0 Å². The van der Waals surface area contributed by atoms with E-state index in [9.17, 15) is 4.79 Å². The Bertz CT molecular complexity index is 664. The number of benzene rings is 2. The summed E-state index contributed by atoms with van der Waals surface area (Å²) in [5.41, 5.74) is 4.12. The van der Waals surface area contributed by atoms with Gasteiger partial charge in [0.25, 0.3) is 5.91 Å². The van der Waals surface area contributed by atoms with Gasteiger partial charge in [-0.3, -0.25) is 4.79 Å². The molecule has 1 atom stereocenters. The maximum absolute atomic E-state index is 12.3. The molecule has 3 heteroatoms. The molecule has 3 nitrogen and oxygen atoms in total. The van der Waals surface area contributed by atoms with Crippen molar-refractivity contribution < 1.29 is 9.53 Å². The molecule has 0 saturated carbocycles. The third kappa shape index (κ3) is 3.88. The van der Waals surface area contributed by atoms with Crippen molar-refractivity contribution >= 4 is 11.6 Å². The van der Waals surface area contributed by atoms with Crippen LogP contribution in [-0.4, -0.2) is 12.0 Å². The fourth-order valence-corrected chi connectivity index (χ4v) is 2.26. The summed E-state index contributed by atoms with van der Waals surface area (Å²) < 4.78 is 5.82. The summed E-state index contributed by atoms with van der Waals surface area (Å²) in [5.74, 6) is 0.619. The van der Waals surface area contributed by atoms with Crippen molar-refractivity contribution in [2.24, 2.45) is 0 Å². The van der Waals surface area contributed by atoms with Crippen molar-refractivity contribution in [1.29, 1.82) is 0 Å². The lowest BCUT2D eigenvalue weighted by molar-refractivity contribution is -0.122. The van der Waals surface area contributed by atoms with Crippen LogP contribution in [0, 0.1) is 13.8 Å². The molecule has 0 aliphatic carbocycles. The molecule has 0 bridgehead atoms. The van der Waals surface area contributed by atoms with Gasteiger partial charge < -0.3 is 10.1 Å². The molecule has 0 aliphatic rings. The van der Waals surface area contributed by atoms with Gasteiger partial charge in [0.2, 0.25) is 0 Å². The van der Waals surface area contributed by atoms with E-state index in [1.54, 1.807) is 6.92 Å². The maximum Gasteiger partial charge on any atom is 0.265 e. The lowest BCUT2D eigenvalue weighted by Gasteiger charge is -2.17. The summed E-state index contributed by atoms with van der Waals surface area (Å²) in [6, 6.07) is 13.8. The maximum atomic E-state index is 12.3. The molecule has 0 fully saturated rings. The quantitative estimate of drug-likeness (QED) is 0.895.